The van der Waals surface area contributed by atoms with E-state index in [1.54, 1.807) is 0 Å². The predicted molar refractivity (Wildman–Crippen MR) is 199 cm³/mol. The van der Waals surface area contributed by atoms with Crippen molar-refractivity contribution < 1.29 is 34.7 Å². The molecular formula is C43H56IrNO3-. The number of carbonyl (C=O) groups is 1. The van der Waals surface area contributed by atoms with Gasteiger partial charge in [-0.2, -0.15) is 0 Å². The number of aliphatic hydroxyl groups excluding tert-OH is 1. The van der Waals surface area contributed by atoms with Crippen LogP contribution in [0.15, 0.2) is 54.4 Å². The first-order valence-electron chi connectivity index (χ1n) is 17.7. The maximum atomic E-state index is 12.2. The number of nitrogens with zero attached hydrogens (tertiary/aromatic N) is 1. The van der Waals surface area contributed by atoms with E-state index in [0.29, 0.717) is 11.8 Å². The van der Waals surface area contributed by atoms with E-state index >= 15 is 0 Å². The Balaban J connectivity index is 0.000000301. The Hall–Kier alpha value is -3.01. The van der Waals surface area contributed by atoms with Crippen LogP contribution in [-0.4, -0.2) is 15.9 Å². The largest absolute Gasteiger partial charge is 0.512 e. The van der Waals surface area contributed by atoms with E-state index < -0.39 is 0 Å². The molecule has 48 heavy (non-hydrogen) atoms. The molecule has 3 aromatic carbocycles. The third-order valence-electron chi connectivity index (χ3n) is 10.5. The summed E-state index contributed by atoms with van der Waals surface area (Å²) in [6.07, 6.45) is 8.78. The molecule has 0 bridgehead atoms. The van der Waals surface area contributed by atoms with Crippen LogP contribution in [-0.2, 0) is 37.7 Å². The number of hydrogen-bond donors (Lipinski definition) is 1. The summed E-state index contributed by atoms with van der Waals surface area (Å²) in [6, 6.07) is 16.9. The van der Waals surface area contributed by atoms with Crippen LogP contribution < -0.4 is 4.74 Å². The second kappa shape index (κ2) is 16.1. The van der Waals surface area contributed by atoms with Crippen molar-refractivity contribution in [1.82, 2.24) is 4.98 Å². The molecule has 4 aromatic rings. The first-order chi connectivity index (χ1) is 22.2. The van der Waals surface area contributed by atoms with Gasteiger partial charge in [-0.05, 0) is 80.4 Å². The maximum Gasteiger partial charge on any atom is 0.164 e. The molecule has 4 nitrogen and oxygen atoms in total. The molecule has 0 aliphatic carbocycles. The molecule has 0 atom stereocenters. The number of rotatable bonds is 11. The van der Waals surface area contributed by atoms with Crippen molar-refractivity contribution >= 4 is 27.3 Å². The van der Waals surface area contributed by atoms with Gasteiger partial charge in [-0.3, -0.25) is 9.78 Å². The fraction of sp³-hybridized carbons (Fsp3) is 0.488. The van der Waals surface area contributed by atoms with Crippen LogP contribution in [0, 0.1) is 35.7 Å². The van der Waals surface area contributed by atoms with E-state index in [0.717, 1.165) is 72.1 Å². The molecule has 2 heterocycles. The number of fused-ring (bicyclic) bond motifs is 3. The predicted octanol–water partition coefficient (Wildman–Crippen LogP) is 12.3. The maximum absolute atomic E-state index is 12.2. The molecule has 1 aromatic heterocycles. The Kier molecular flexibility index (Phi) is 13.3. The van der Waals surface area contributed by atoms with Crippen molar-refractivity contribution in [2.45, 2.75) is 115 Å². The van der Waals surface area contributed by atoms with Crippen molar-refractivity contribution in [3.8, 4) is 22.8 Å². The standard InChI is InChI=1S/C28H28NO.C15H28O2.Ir/c1-16(2)10-19-6-7-21-15-24-27-26-22(8-9-29-27)12-20(11-17(3)4)14-25(26)30-28(24)18(5)23(21)13-19;1-7-14(5,8-2)12(16)11-13(17)15(6,9-3)10-4;/h6-9,12-14,16-17H,10-11H2,1-5H3;11,16H,7-10H2,1-6H3;/q-1;;/b;12-11-;. The normalized spacial score (nSPS) is 12.8. The summed E-state index contributed by atoms with van der Waals surface area (Å²) in [6.45, 7) is 23.3. The number of aryl methyl sites for hydroxylation is 1. The summed E-state index contributed by atoms with van der Waals surface area (Å²) in [5.74, 6) is 3.35. The van der Waals surface area contributed by atoms with Crippen LogP contribution in [0.5, 0.6) is 11.5 Å². The molecule has 0 amide bonds. The van der Waals surface area contributed by atoms with Crippen molar-refractivity contribution in [3.05, 3.63) is 77.2 Å². The number of allylic oxidation sites excluding steroid dienone is 2. The van der Waals surface area contributed by atoms with Gasteiger partial charge in [0, 0.05) is 54.3 Å². The van der Waals surface area contributed by atoms with E-state index in [1.165, 1.54) is 33.5 Å². The smallest absolute Gasteiger partial charge is 0.164 e. The van der Waals surface area contributed by atoms with Crippen molar-refractivity contribution in [1.29, 1.82) is 0 Å². The summed E-state index contributed by atoms with van der Waals surface area (Å²) >= 11 is 0. The summed E-state index contributed by atoms with van der Waals surface area (Å²) in [4.78, 5) is 16.9. The van der Waals surface area contributed by atoms with E-state index in [-0.39, 0.29) is 42.5 Å². The third-order valence-corrected chi connectivity index (χ3v) is 10.5. The molecule has 0 saturated heterocycles. The Bertz CT molecular complexity index is 1780. The number of aliphatic hydroxyl groups is 1. The first kappa shape index (κ1) is 39.4. The molecule has 261 valence electrons. The molecule has 1 radical (unpaired) electrons. The monoisotopic (exact) mass is 827 g/mol. The van der Waals surface area contributed by atoms with Crippen molar-refractivity contribution in [2.75, 3.05) is 0 Å². The SMILES string of the molecule is CCC(C)(CC)C(=O)/C=C(\O)C(C)(CC)CC.Cc1c2c([c-]c3ccc(CC(C)C)cc13)-c1nccc3cc(CC(C)C)cc(c13)O2.[Ir]. The zero-order chi connectivity index (χ0) is 34.7. The molecular weight excluding hydrogens is 771 g/mol. The molecule has 0 saturated carbocycles. The van der Waals surface area contributed by atoms with Gasteiger partial charge in [0.15, 0.2) is 5.78 Å². The minimum atomic E-state index is -0.337. The Morgan fingerprint density at radius 3 is 2.08 bits per heavy atom. The van der Waals surface area contributed by atoms with Gasteiger partial charge in [0.2, 0.25) is 0 Å². The van der Waals surface area contributed by atoms with Crippen LogP contribution in [0.25, 0.3) is 32.8 Å². The number of ketones is 1. The minimum absolute atomic E-state index is 0. The van der Waals surface area contributed by atoms with Crippen molar-refractivity contribution in [3.63, 3.8) is 0 Å². The van der Waals surface area contributed by atoms with Gasteiger partial charge < -0.3 is 9.84 Å². The zero-order valence-corrected chi connectivity index (χ0v) is 33.5. The Labute approximate surface area is 303 Å². The quantitative estimate of drug-likeness (QED) is 0.0819. The summed E-state index contributed by atoms with van der Waals surface area (Å²) in [5.41, 5.74) is 5.21. The number of carbonyl (C=O) groups excluding carboxylic acids is 1. The van der Waals surface area contributed by atoms with E-state index in [2.05, 4.69) is 77.1 Å². The number of pyridine rings is 1. The van der Waals surface area contributed by atoms with Gasteiger partial charge in [-0.25, -0.2) is 0 Å². The molecule has 1 N–H and O–H groups in total. The van der Waals surface area contributed by atoms with Gasteiger partial charge in [0.05, 0.1) is 5.75 Å². The van der Waals surface area contributed by atoms with Crippen LogP contribution in [0.4, 0.5) is 0 Å². The second-order valence-electron chi connectivity index (χ2n) is 14.9. The average Bonchev–Trinajstić information content (AvgIpc) is 3.04. The molecule has 1 aliphatic heterocycles. The summed E-state index contributed by atoms with van der Waals surface area (Å²) in [5, 5.41) is 14.8. The third kappa shape index (κ3) is 8.23. The van der Waals surface area contributed by atoms with E-state index in [9.17, 15) is 9.90 Å². The fourth-order valence-electron chi connectivity index (χ4n) is 6.40. The molecule has 5 heteroatoms. The Morgan fingerprint density at radius 1 is 0.896 bits per heavy atom. The molecule has 0 spiro atoms. The van der Waals surface area contributed by atoms with Crippen molar-refractivity contribution in [2.24, 2.45) is 22.7 Å². The number of ether oxygens (including phenoxy) is 1. The molecule has 0 fully saturated rings. The fourth-order valence-corrected chi connectivity index (χ4v) is 6.40. The average molecular weight is 827 g/mol. The van der Waals surface area contributed by atoms with Gasteiger partial charge in [-0.15, -0.1) is 17.5 Å². The Morgan fingerprint density at radius 2 is 1.50 bits per heavy atom. The van der Waals surface area contributed by atoms with E-state index in [4.69, 9.17) is 9.72 Å². The zero-order valence-electron chi connectivity index (χ0n) is 31.1. The molecule has 1 aliphatic rings. The van der Waals surface area contributed by atoms with Gasteiger partial charge >= 0.3 is 0 Å². The second-order valence-corrected chi connectivity index (χ2v) is 14.9. The van der Waals surface area contributed by atoms with Gasteiger partial charge in [-0.1, -0.05) is 110 Å². The molecule has 5 rings (SSSR count). The summed E-state index contributed by atoms with van der Waals surface area (Å²) < 4.78 is 6.56. The summed E-state index contributed by atoms with van der Waals surface area (Å²) in [7, 11) is 0. The van der Waals surface area contributed by atoms with E-state index in [1.807, 2.05) is 47.7 Å². The van der Waals surface area contributed by atoms with Gasteiger partial charge in [0.25, 0.3) is 0 Å². The van der Waals surface area contributed by atoms with Crippen LogP contribution in [0.3, 0.4) is 0 Å². The number of hydrogen-bond acceptors (Lipinski definition) is 4. The first-order valence-corrected chi connectivity index (χ1v) is 17.7. The topological polar surface area (TPSA) is 59.4 Å². The number of aromatic nitrogens is 1. The van der Waals surface area contributed by atoms with Crippen LogP contribution >= 0.6 is 0 Å². The van der Waals surface area contributed by atoms with Gasteiger partial charge in [0.1, 0.15) is 11.5 Å². The van der Waals surface area contributed by atoms with Crippen LogP contribution in [0.1, 0.15) is 112 Å². The number of benzene rings is 3. The minimum Gasteiger partial charge on any atom is -0.512 e. The molecule has 0 unspecified atom stereocenters. The van der Waals surface area contributed by atoms with Crippen LogP contribution in [0.2, 0.25) is 0 Å².